The van der Waals surface area contributed by atoms with Crippen molar-refractivity contribution in [1.82, 2.24) is 25.8 Å². The van der Waals surface area contributed by atoms with Gasteiger partial charge in [0.05, 0.1) is 0 Å². The average Bonchev–Trinajstić information content (AvgIpc) is 3.34. The zero-order valence-corrected chi connectivity index (χ0v) is 16.7. The number of nitrogens with zero attached hydrogens (tertiary/aromatic N) is 3. The first-order valence-corrected chi connectivity index (χ1v) is 10.3. The smallest absolute Gasteiger partial charge is 0.315 e. The van der Waals surface area contributed by atoms with Gasteiger partial charge in [-0.25, -0.2) is 9.79 Å². The monoisotopic (exact) mass is 378 g/mol. The predicted octanol–water partition coefficient (Wildman–Crippen LogP) is 0.889. The molecule has 0 aromatic carbocycles. The summed E-state index contributed by atoms with van der Waals surface area (Å²) in [5.41, 5.74) is 0. The van der Waals surface area contributed by atoms with Gasteiger partial charge in [0.1, 0.15) is 6.54 Å². The van der Waals surface area contributed by atoms with Gasteiger partial charge in [-0.1, -0.05) is 19.3 Å². The molecule has 3 rings (SSSR count). The molecular formula is C19H34N6O2. The number of urea groups is 1. The third-order valence-electron chi connectivity index (χ3n) is 5.54. The van der Waals surface area contributed by atoms with E-state index in [0.29, 0.717) is 12.1 Å². The molecule has 1 atom stereocenters. The summed E-state index contributed by atoms with van der Waals surface area (Å²) in [6.45, 7) is 1.72. The lowest BCUT2D eigenvalue weighted by Crippen LogP contribution is -2.48. The van der Waals surface area contributed by atoms with Gasteiger partial charge in [-0.15, -0.1) is 0 Å². The fraction of sp³-hybridized carbons (Fsp3) is 0.842. The van der Waals surface area contributed by atoms with Gasteiger partial charge in [0.25, 0.3) is 0 Å². The summed E-state index contributed by atoms with van der Waals surface area (Å²) >= 11 is 0. The number of carbonyl (C=O) groups excluding carboxylic acids is 2. The number of likely N-dealkylation sites (N-methyl/N-ethyl adjacent to an activating group) is 1. The van der Waals surface area contributed by atoms with Crippen molar-refractivity contribution in [2.24, 2.45) is 4.99 Å². The maximum atomic E-state index is 12.0. The molecule has 0 aromatic heterocycles. The maximum Gasteiger partial charge on any atom is 0.315 e. The standard InChI is InChI=1S/C19H34N6O2/c1-24(2)17(26)12-20-18(21-14-6-4-3-5-7-14)25-11-10-16(13-25)23-19(27)22-15-8-9-15/h14-16H,3-13H2,1-2H3,(H,20,21)(H2,22,23,27). The van der Waals surface area contributed by atoms with Crippen LogP contribution in [-0.4, -0.2) is 79.6 Å². The number of amides is 3. The predicted molar refractivity (Wildman–Crippen MR) is 106 cm³/mol. The van der Waals surface area contributed by atoms with E-state index in [1.165, 1.54) is 19.3 Å². The lowest BCUT2D eigenvalue weighted by atomic mass is 9.96. The molecule has 1 saturated heterocycles. The van der Waals surface area contributed by atoms with Crippen LogP contribution in [0.15, 0.2) is 4.99 Å². The molecule has 0 radical (unpaired) electrons. The van der Waals surface area contributed by atoms with Crippen molar-refractivity contribution < 1.29 is 9.59 Å². The summed E-state index contributed by atoms with van der Waals surface area (Å²) in [6, 6.07) is 0.847. The number of likely N-dealkylation sites (tertiary alicyclic amines) is 1. The molecule has 0 bridgehead atoms. The molecule has 27 heavy (non-hydrogen) atoms. The molecule has 2 aliphatic carbocycles. The van der Waals surface area contributed by atoms with Gasteiger partial charge in [-0.3, -0.25) is 4.79 Å². The van der Waals surface area contributed by atoms with E-state index in [0.717, 1.165) is 51.2 Å². The van der Waals surface area contributed by atoms with Crippen molar-refractivity contribution in [3.63, 3.8) is 0 Å². The first-order chi connectivity index (χ1) is 13.0. The fourth-order valence-electron chi connectivity index (χ4n) is 3.66. The molecule has 1 aliphatic heterocycles. The van der Waals surface area contributed by atoms with Crippen LogP contribution in [0.3, 0.4) is 0 Å². The minimum absolute atomic E-state index is 0.00405. The van der Waals surface area contributed by atoms with E-state index >= 15 is 0 Å². The molecule has 152 valence electrons. The Bertz CT molecular complexity index is 554. The van der Waals surface area contributed by atoms with E-state index in [9.17, 15) is 9.59 Å². The van der Waals surface area contributed by atoms with E-state index in [1.807, 2.05) is 0 Å². The fourth-order valence-corrected chi connectivity index (χ4v) is 3.66. The lowest BCUT2D eigenvalue weighted by Gasteiger charge is -2.29. The van der Waals surface area contributed by atoms with Crippen LogP contribution in [0.2, 0.25) is 0 Å². The van der Waals surface area contributed by atoms with Gasteiger partial charge < -0.3 is 25.8 Å². The van der Waals surface area contributed by atoms with Gasteiger partial charge in [0, 0.05) is 45.3 Å². The molecule has 3 amide bonds. The van der Waals surface area contributed by atoms with Gasteiger partial charge >= 0.3 is 6.03 Å². The highest BCUT2D eigenvalue weighted by Gasteiger charge is 2.29. The normalized spacial score (nSPS) is 23.9. The van der Waals surface area contributed by atoms with Crippen LogP contribution in [-0.2, 0) is 4.79 Å². The van der Waals surface area contributed by atoms with Crippen molar-refractivity contribution in [2.75, 3.05) is 33.7 Å². The second kappa shape index (κ2) is 9.28. The molecule has 1 unspecified atom stereocenters. The van der Waals surface area contributed by atoms with Crippen LogP contribution in [0.25, 0.3) is 0 Å². The Hall–Kier alpha value is -1.99. The largest absolute Gasteiger partial charge is 0.353 e. The summed E-state index contributed by atoms with van der Waals surface area (Å²) in [5.74, 6) is 0.805. The summed E-state index contributed by atoms with van der Waals surface area (Å²) in [6.07, 6.45) is 9.17. The molecule has 3 N–H and O–H groups in total. The maximum absolute atomic E-state index is 12.0. The van der Waals surface area contributed by atoms with Crippen molar-refractivity contribution >= 4 is 17.9 Å². The third kappa shape index (κ3) is 6.29. The second-order valence-electron chi connectivity index (χ2n) is 8.23. The van der Waals surface area contributed by atoms with Gasteiger partial charge in [0.15, 0.2) is 5.96 Å². The van der Waals surface area contributed by atoms with Crippen molar-refractivity contribution in [3.8, 4) is 0 Å². The summed E-state index contributed by atoms with van der Waals surface area (Å²) in [4.78, 5) is 32.3. The zero-order chi connectivity index (χ0) is 19.2. The third-order valence-corrected chi connectivity index (χ3v) is 5.54. The van der Waals surface area contributed by atoms with Crippen molar-refractivity contribution in [3.05, 3.63) is 0 Å². The summed E-state index contributed by atoms with van der Waals surface area (Å²) in [5, 5.41) is 9.64. The Morgan fingerprint density at radius 2 is 1.59 bits per heavy atom. The van der Waals surface area contributed by atoms with Crippen LogP contribution in [0.4, 0.5) is 4.79 Å². The summed E-state index contributed by atoms with van der Waals surface area (Å²) < 4.78 is 0. The quantitative estimate of drug-likeness (QED) is 0.490. The van der Waals surface area contributed by atoms with E-state index in [4.69, 9.17) is 0 Å². The van der Waals surface area contributed by atoms with Crippen LogP contribution < -0.4 is 16.0 Å². The number of carbonyl (C=O) groups is 2. The molecule has 1 heterocycles. The van der Waals surface area contributed by atoms with E-state index in [1.54, 1.807) is 19.0 Å². The highest BCUT2D eigenvalue weighted by Crippen LogP contribution is 2.19. The number of aliphatic imine (C=N–C) groups is 1. The van der Waals surface area contributed by atoms with E-state index < -0.39 is 0 Å². The van der Waals surface area contributed by atoms with E-state index in [2.05, 4.69) is 25.8 Å². The Morgan fingerprint density at radius 1 is 0.926 bits per heavy atom. The Kier molecular flexibility index (Phi) is 6.79. The minimum atomic E-state index is -0.0640. The molecule has 8 heteroatoms. The van der Waals surface area contributed by atoms with Crippen molar-refractivity contribution in [2.45, 2.75) is 69.5 Å². The Morgan fingerprint density at radius 3 is 2.26 bits per heavy atom. The molecular weight excluding hydrogens is 344 g/mol. The van der Waals surface area contributed by atoms with Gasteiger partial charge in [0.2, 0.25) is 5.91 Å². The van der Waals surface area contributed by atoms with Crippen LogP contribution in [0.5, 0.6) is 0 Å². The SMILES string of the molecule is CN(C)C(=O)CN=C(NC1CCCCC1)N1CCC(NC(=O)NC2CC2)C1. The number of hydrogen-bond donors (Lipinski definition) is 3. The molecule has 0 aromatic rings. The lowest BCUT2D eigenvalue weighted by molar-refractivity contribution is -0.127. The molecule has 8 nitrogen and oxygen atoms in total. The molecule has 3 aliphatic rings. The van der Waals surface area contributed by atoms with E-state index in [-0.39, 0.29) is 24.5 Å². The highest BCUT2D eigenvalue weighted by atomic mass is 16.2. The minimum Gasteiger partial charge on any atom is -0.353 e. The van der Waals surface area contributed by atoms with Crippen LogP contribution in [0, 0.1) is 0 Å². The number of guanidine groups is 1. The molecule has 2 saturated carbocycles. The average molecular weight is 379 g/mol. The number of hydrogen-bond acceptors (Lipinski definition) is 3. The van der Waals surface area contributed by atoms with Gasteiger partial charge in [-0.2, -0.15) is 0 Å². The van der Waals surface area contributed by atoms with Crippen LogP contribution in [0.1, 0.15) is 51.4 Å². The highest BCUT2D eigenvalue weighted by molar-refractivity contribution is 5.85. The Labute approximate surface area is 162 Å². The van der Waals surface area contributed by atoms with Gasteiger partial charge in [-0.05, 0) is 32.1 Å². The second-order valence-corrected chi connectivity index (χ2v) is 8.23. The first-order valence-electron chi connectivity index (χ1n) is 10.3. The number of rotatable bonds is 5. The zero-order valence-electron chi connectivity index (χ0n) is 16.7. The van der Waals surface area contributed by atoms with Crippen molar-refractivity contribution in [1.29, 1.82) is 0 Å². The van der Waals surface area contributed by atoms with Crippen LogP contribution >= 0.6 is 0 Å². The number of nitrogens with one attached hydrogen (secondary N) is 3. The topological polar surface area (TPSA) is 89.1 Å². The Balaban J connectivity index is 1.56. The molecule has 3 fully saturated rings. The summed E-state index contributed by atoms with van der Waals surface area (Å²) in [7, 11) is 3.50. The molecule has 0 spiro atoms. The first kappa shape index (κ1) is 19.8.